The van der Waals surface area contributed by atoms with Crippen LogP contribution < -0.4 is 16.0 Å². The zero-order chi connectivity index (χ0) is 31.6. The highest BCUT2D eigenvalue weighted by Crippen LogP contribution is 2.37. The summed E-state index contributed by atoms with van der Waals surface area (Å²) in [6.07, 6.45) is 1.67. The maximum atomic E-state index is 13.5. The molecule has 1 atom stereocenters. The molecule has 0 aliphatic heterocycles. The molecule has 0 saturated heterocycles. The molecule has 0 aliphatic rings. The van der Waals surface area contributed by atoms with E-state index in [1.54, 1.807) is 66.7 Å². The topological polar surface area (TPSA) is 87.3 Å². The van der Waals surface area contributed by atoms with Crippen LogP contribution in [0.3, 0.4) is 0 Å². The minimum atomic E-state index is -0.539. The van der Waals surface area contributed by atoms with Crippen LogP contribution in [0.4, 0.5) is 11.4 Å². The van der Waals surface area contributed by atoms with E-state index in [0.717, 1.165) is 21.6 Å². The number of halogens is 1. The van der Waals surface area contributed by atoms with E-state index in [1.807, 2.05) is 79.7 Å². The molecule has 0 aromatic heterocycles. The standard InChI is InChI=1S/C37H30ClN3O3S/c1-25-11-8-9-16-28(25)23-33(41-35(42)27-14-6-3-7-15-27)36(43)39-30-19-21-32(22-20-30)45-34(26-12-4-2-5-13-26)37(44)40-31-18-10-17-29(38)24-31/h2-24,34H,1H3,(H,39,43)(H,40,44)(H,41,42)/b33-23-. The zero-order valence-corrected chi connectivity index (χ0v) is 25.9. The van der Waals surface area contributed by atoms with Crippen LogP contribution in [0.5, 0.6) is 0 Å². The normalized spacial score (nSPS) is 11.7. The first-order valence-corrected chi connectivity index (χ1v) is 15.4. The average Bonchev–Trinajstić information content (AvgIpc) is 3.05. The largest absolute Gasteiger partial charge is 0.325 e. The number of aryl methyl sites for hydroxylation is 1. The van der Waals surface area contributed by atoms with Gasteiger partial charge in [-0.2, -0.15) is 0 Å². The second-order valence-electron chi connectivity index (χ2n) is 10.1. The summed E-state index contributed by atoms with van der Waals surface area (Å²) >= 11 is 7.51. The molecule has 0 saturated carbocycles. The lowest BCUT2D eigenvalue weighted by Crippen LogP contribution is -2.30. The van der Waals surface area contributed by atoms with Gasteiger partial charge in [-0.15, -0.1) is 11.8 Å². The molecule has 5 aromatic carbocycles. The van der Waals surface area contributed by atoms with Crippen molar-refractivity contribution in [3.8, 4) is 0 Å². The molecule has 3 amide bonds. The third kappa shape index (κ3) is 8.72. The van der Waals surface area contributed by atoms with Gasteiger partial charge in [0.2, 0.25) is 5.91 Å². The van der Waals surface area contributed by atoms with E-state index in [-0.39, 0.29) is 17.5 Å². The van der Waals surface area contributed by atoms with Gasteiger partial charge in [0.25, 0.3) is 11.8 Å². The minimum Gasteiger partial charge on any atom is -0.325 e. The van der Waals surface area contributed by atoms with E-state index >= 15 is 0 Å². The Hall–Kier alpha value is -5.11. The number of carbonyl (C=O) groups excluding carboxylic acids is 3. The molecule has 5 aromatic rings. The molecule has 6 nitrogen and oxygen atoms in total. The number of thioether (sulfide) groups is 1. The van der Waals surface area contributed by atoms with Gasteiger partial charge in [-0.1, -0.05) is 90.5 Å². The first-order valence-electron chi connectivity index (χ1n) is 14.2. The molecular formula is C37H30ClN3O3S. The van der Waals surface area contributed by atoms with Crippen LogP contribution in [-0.4, -0.2) is 17.7 Å². The van der Waals surface area contributed by atoms with Crippen molar-refractivity contribution >= 4 is 58.5 Å². The molecule has 5 rings (SSSR count). The molecule has 45 heavy (non-hydrogen) atoms. The van der Waals surface area contributed by atoms with E-state index in [0.29, 0.717) is 22.0 Å². The molecule has 0 spiro atoms. The summed E-state index contributed by atoms with van der Waals surface area (Å²) in [7, 11) is 0. The quantitative estimate of drug-likeness (QED) is 0.106. The number of nitrogens with one attached hydrogen (secondary N) is 3. The fourth-order valence-corrected chi connectivity index (χ4v) is 5.69. The molecule has 224 valence electrons. The third-order valence-electron chi connectivity index (χ3n) is 6.82. The Morgan fingerprint density at radius 3 is 2.07 bits per heavy atom. The number of hydrogen-bond acceptors (Lipinski definition) is 4. The summed E-state index contributed by atoms with van der Waals surface area (Å²) in [5, 5.41) is 8.62. The van der Waals surface area contributed by atoms with Gasteiger partial charge in [0.15, 0.2) is 0 Å². The number of carbonyl (C=O) groups is 3. The van der Waals surface area contributed by atoms with Crippen LogP contribution in [0.2, 0.25) is 5.02 Å². The van der Waals surface area contributed by atoms with Crippen molar-refractivity contribution in [2.45, 2.75) is 17.1 Å². The molecular weight excluding hydrogens is 602 g/mol. The predicted octanol–water partition coefficient (Wildman–Crippen LogP) is 8.53. The number of benzene rings is 5. The van der Waals surface area contributed by atoms with Gasteiger partial charge < -0.3 is 16.0 Å². The van der Waals surface area contributed by atoms with Crippen molar-refractivity contribution < 1.29 is 14.4 Å². The Kier molecular flexibility index (Phi) is 10.5. The van der Waals surface area contributed by atoms with Gasteiger partial charge >= 0.3 is 0 Å². The molecule has 8 heteroatoms. The summed E-state index contributed by atoms with van der Waals surface area (Å²) in [5.74, 6) is -1.04. The van der Waals surface area contributed by atoms with Crippen LogP contribution in [0.1, 0.15) is 32.3 Å². The zero-order valence-electron chi connectivity index (χ0n) is 24.4. The highest BCUT2D eigenvalue weighted by molar-refractivity contribution is 8.00. The van der Waals surface area contributed by atoms with E-state index in [9.17, 15) is 14.4 Å². The van der Waals surface area contributed by atoms with Crippen molar-refractivity contribution in [2.75, 3.05) is 10.6 Å². The smallest absolute Gasteiger partial charge is 0.272 e. The highest BCUT2D eigenvalue weighted by atomic mass is 35.5. The molecule has 1 unspecified atom stereocenters. The van der Waals surface area contributed by atoms with Crippen LogP contribution in [-0.2, 0) is 9.59 Å². The van der Waals surface area contributed by atoms with Crippen molar-refractivity contribution in [3.63, 3.8) is 0 Å². The monoisotopic (exact) mass is 631 g/mol. The molecule has 0 radical (unpaired) electrons. The molecule has 3 N–H and O–H groups in total. The molecule has 0 heterocycles. The van der Waals surface area contributed by atoms with E-state index in [4.69, 9.17) is 11.6 Å². The lowest BCUT2D eigenvalue weighted by molar-refractivity contribution is -0.116. The number of amides is 3. The van der Waals surface area contributed by atoms with Crippen molar-refractivity contribution in [1.82, 2.24) is 5.32 Å². The Balaban J connectivity index is 1.33. The van der Waals surface area contributed by atoms with E-state index in [2.05, 4.69) is 16.0 Å². The maximum absolute atomic E-state index is 13.5. The summed E-state index contributed by atoms with van der Waals surface area (Å²) in [5.41, 5.74) is 4.32. The van der Waals surface area contributed by atoms with Crippen molar-refractivity contribution in [3.05, 3.63) is 166 Å². The summed E-state index contributed by atoms with van der Waals surface area (Å²) < 4.78 is 0. The molecule has 0 bridgehead atoms. The summed E-state index contributed by atoms with van der Waals surface area (Å²) in [6.45, 7) is 1.94. The first kappa shape index (κ1) is 31.3. The van der Waals surface area contributed by atoms with Crippen LogP contribution >= 0.6 is 23.4 Å². The van der Waals surface area contributed by atoms with Crippen LogP contribution in [0.15, 0.2) is 144 Å². The van der Waals surface area contributed by atoms with Crippen LogP contribution in [0.25, 0.3) is 6.08 Å². The van der Waals surface area contributed by atoms with Gasteiger partial charge in [0.1, 0.15) is 10.9 Å². The summed E-state index contributed by atoms with van der Waals surface area (Å²) in [6, 6.07) is 40.1. The number of hydrogen-bond donors (Lipinski definition) is 3. The lowest BCUT2D eigenvalue weighted by atomic mass is 10.1. The molecule has 0 aliphatic carbocycles. The Labute approximate surface area is 271 Å². The summed E-state index contributed by atoms with van der Waals surface area (Å²) in [4.78, 5) is 40.7. The maximum Gasteiger partial charge on any atom is 0.272 e. The van der Waals surface area contributed by atoms with Crippen molar-refractivity contribution in [1.29, 1.82) is 0 Å². The van der Waals surface area contributed by atoms with Gasteiger partial charge in [-0.05, 0) is 84.3 Å². The molecule has 0 fully saturated rings. The predicted molar refractivity (Wildman–Crippen MR) is 183 cm³/mol. The van der Waals surface area contributed by atoms with Crippen molar-refractivity contribution in [2.24, 2.45) is 0 Å². The van der Waals surface area contributed by atoms with Gasteiger partial charge in [0, 0.05) is 26.9 Å². The van der Waals surface area contributed by atoms with Gasteiger partial charge in [-0.25, -0.2) is 0 Å². The fourth-order valence-electron chi connectivity index (χ4n) is 4.47. The first-order chi connectivity index (χ1) is 21.9. The second kappa shape index (κ2) is 15.1. The Morgan fingerprint density at radius 1 is 0.711 bits per heavy atom. The average molecular weight is 632 g/mol. The van der Waals surface area contributed by atoms with Gasteiger partial charge in [-0.3, -0.25) is 14.4 Å². The SMILES string of the molecule is Cc1ccccc1/C=C(\NC(=O)c1ccccc1)C(=O)Nc1ccc(SC(C(=O)Nc2cccc(Cl)c2)c2ccccc2)cc1. The third-order valence-corrected chi connectivity index (χ3v) is 8.32. The van der Waals surface area contributed by atoms with Crippen LogP contribution in [0, 0.1) is 6.92 Å². The Morgan fingerprint density at radius 2 is 1.38 bits per heavy atom. The number of anilines is 2. The lowest BCUT2D eigenvalue weighted by Gasteiger charge is -2.18. The fraction of sp³-hybridized carbons (Fsp3) is 0.0541. The Bertz CT molecular complexity index is 1830. The highest BCUT2D eigenvalue weighted by Gasteiger charge is 2.23. The minimum absolute atomic E-state index is 0.110. The van der Waals surface area contributed by atoms with Gasteiger partial charge in [0.05, 0.1) is 0 Å². The number of rotatable bonds is 10. The van der Waals surface area contributed by atoms with E-state index in [1.165, 1.54) is 11.8 Å². The second-order valence-corrected chi connectivity index (χ2v) is 11.7. The van der Waals surface area contributed by atoms with E-state index < -0.39 is 11.2 Å².